The van der Waals surface area contributed by atoms with Crippen LogP contribution < -0.4 is 16.0 Å². The van der Waals surface area contributed by atoms with Gasteiger partial charge in [0.25, 0.3) is 0 Å². The minimum Gasteiger partial charge on any atom is -0.497 e. The number of hydrogen-bond donors (Lipinski definition) is 2. The second-order valence-electron chi connectivity index (χ2n) is 4.82. The van der Waals surface area contributed by atoms with E-state index in [1.165, 1.54) is 0 Å². The molecule has 0 spiro atoms. The molecule has 0 radical (unpaired) electrons. The highest BCUT2D eigenvalue weighted by atomic mass is 16.5. The van der Waals surface area contributed by atoms with E-state index < -0.39 is 0 Å². The SMILES string of the molecule is COc1ccc(C(NN)c2cccc3cnccc23)cc1. The Labute approximate surface area is 123 Å². The number of hydrazine groups is 1. The Morgan fingerprint density at radius 3 is 2.62 bits per heavy atom. The van der Waals surface area contributed by atoms with Crippen molar-refractivity contribution in [3.05, 3.63) is 72.1 Å². The fourth-order valence-electron chi connectivity index (χ4n) is 2.56. The van der Waals surface area contributed by atoms with Gasteiger partial charge in [-0.1, -0.05) is 30.3 Å². The molecule has 0 saturated heterocycles. The summed E-state index contributed by atoms with van der Waals surface area (Å²) >= 11 is 0. The zero-order valence-corrected chi connectivity index (χ0v) is 11.8. The van der Waals surface area contributed by atoms with Crippen LogP contribution in [0.25, 0.3) is 10.8 Å². The van der Waals surface area contributed by atoms with Gasteiger partial charge in [0.1, 0.15) is 5.75 Å². The van der Waals surface area contributed by atoms with Crippen LogP contribution in [-0.4, -0.2) is 12.1 Å². The second kappa shape index (κ2) is 5.91. The van der Waals surface area contributed by atoms with Gasteiger partial charge >= 0.3 is 0 Å². The Bertz CT molecular complexity index is 735. The number of nitrogens with one attached hydrogen (secondary N) is 1. The maximum Gasteiger partial charge on any atom is 0.118 e. The predicted octanol–water partition coefficient (Wildman–Crippen LogP) is 2.80. The van der Waals surface area contributed by atoms with Crippen LogP contribution >= 0.6 is 0 Å². The summed E-state index contributed by atoms with van der Waals surface area (Å²) in [5.41, 5.74) is 5.12. The molecule has 3 rings (SSSR count). The van der Waals surface area contributed by atoms with E-state index in [1.54, 1.807) is 13.3 Å². The molecule has 0 amide bonds. The fraction of sp³-hybridized carbons (Fsp3) is 0.118. The summed E-state index contributed by atoms with van der Waals surface area (Å²) in [5, 5.41) is 2.25. The van der Waals surface area contributed by atoms with E-state index in [4.69, 9.17) is 10.6 Å². The summed E-state index contributed by atoms with van der Waals surface area (Å²) in [6.45, 7) is 0. The number of fused-ring (bicyclic) bond motifs is 1. The maximum absolute atomic E-state index is 5.80. The molecule has 21 heavy (non-hydrogen) atoms. The molecule has 1 aromatic heterocycles. The summed E-state index contributed by atoms with van der Waals surface area (Å²) in [4.78, 5) is 4.17. The van der Waals surface area contributed by atoms with Crippen molar-refractivity contribution >= 4 is 10.8 Å². The lowest BCUT2D eigenvalue weighted by Crippen LogP contribution is -2.29. The molecule has 4 nitrogen and oxygen atoms in total. The maximum atomic E-state index is 5.80. The van der Waals surface area contributed by atoms with E-state index >= 15 is 0 Å². The molecule has 1 heterocycles. The number of ether oxygens (including phenoxy) is 1. The lowest BCUT2D eigenvalue weighted by Gasteiger charge is -2.19. The van der Waals surface area contributed by atoms with Crippen molar-refractivity contribution in [2.24, 2.45) is 5.84 Å². The van der Waals surface area contributed by atoms with Crippen molar-refractivity contribution in [2.45, 2.75) is 6.04 Å². The van der Waals surface area contributed by atoms with Crippen molar-refractivity contribution < 1.29 is 4.74 Å². The molecule has 106 valence electrons. The highest BCUT2D eigenvalue weighted by molar-refractivity contribution is 5.85. The molecule has 1 unspecified atom stereocenters. The molecule has 0 aliphatic carbocycles. The first-order valence-electron chi connectivity index (χ1n) is 6.76. The largest absolute Gasteiger partial charge is 0.497 e. The Kier molecular flexibility index (Phi) is 3.81. The van der Waals surface area contributed by atoms with Crippen LogP contribution in [0, 0.1) is 0 Å². The molecule has 2 aromatic carbocycles. The van der Waals surface area contributed by atoms with Crippen molar-refractivity contribution in [1.29, 1.82) is 0 Å². The van der Waals surface area contributed by atoms with E-state index in [-0.39, 0.29) is 6.04 Å². The van der Waals surface area contributed by atoms with Gasteiger partial charge in [-0.3, -0.25) is 10.8 Å². The molecule has 0 aliphatic rings. The molecule has 3 N–H and O–H groups in total. The lowest BCUT2D eigenvalue weighted by atomic mass is 9.95. The number of nitrogens with zero attached hydrogens (tertiary/aromatic N) is 1. The molecule has 1 atom stereocenters. The van der Waals surface area contributed by atoms with Gasteiger partial charge in [0.15, 0.2) is 0 Å². The van der Waals surface area contributed by atoms with Crippen molar-refractivity contribution in [2.75, 3.05) is 7.11 Å². The number of aromatic nitrogens is 1. The number of benzene rings is 2. The van der Waals surface area contributed by atoms with E-state index in [2.05, 4.69) is 16.5 Å². The van der Waals surface area contributed by atoms with Gasteiger partial charge in [0.2, 0.25) is 0 Å². The summed E-state index contributed by atoms with van der Waals surface area (Å²) < 4.78 is 5.20. The molecular formula is C17H17N3O. The van der Waals surface area contributed by atoms with Crippen molar-refractivity contribution in [3.63, 3.8) is 0 Å². The zero-order chi connectivity index (χ0) is 14.7. The Hall–Kier alpha value is -2.43. The quantitative estimate of drug-likeness (QED) is 0.569. The summed E-state index contributed by atoms with van der Waals surface area (Å²) in [6.07, 6.45) is 3.66. The second-order valence-corrected chi connectivity index (χ2v) is 4.82. The van der Waals surface area contributed by atoms with Crippen LogP contribution in [0.1, 0.15) is 17.2 Å². The smallest absolute Gasteiger partial charge is 0.118 e. The van der Waals surface area contributed by atoms with Gasteiger partial charge in [-0.15, -0.1) is 0 Å². The number of nitrogens with two attached hydrogens (primary N) is 1. The summed E-state index contributed by atoms with van der Waals surface area (Å²) in [6, 6.07) is 16.0. The Morgan fingerprint density at radius 1 is 1.10 bits per heavy atom. The average molecular weight is 279 g/mol. The van der Waals surface area contributed by atoms with E-state index in [1.807, 2.05) is 48.7 Å². The monoisotopic (exact) mass is 279 g/mol. The van der Waals surface area contributed by atoms with Gasteiger partial charge < -0.3 is 4.74 Å². The van der Waals surface area contributed by atoms with E-state index in [9.17, 15) is 0 Å². The molecule has 4 heteroatoms. The van der Waals surface area contributed by atoms with Crippen LogP contribution in [0.2, 0.25) is 0 Å². The van der Waals surface area contributed by atoms with Crippen LogP contribution in [0.4, 0.5) is 0 Å². The minimum atomic E-state index is -0.0815. The highest BCUT2D eigenvalue weighted by Gasteiger charge is 2.15. The van der Waals surface area contributed by atoms with Crippen LogP contribution in [0.3, 0.4) is 0 Å². The fourth-order valence-corrected chi connectivity index (χ4v) is 2.56. The first-order chi connectivity index (χ1) is 10.3. The van der Waals surface area contributed by atoms with Gasteiger partial charge in [-0.25, -0.2) is 5.43 Å². The molecule has 0 bridgehead atoms. The number of rotatable bonds is 4. The topological polar surface area (TPSA) is 60.2 Å². The van der Waals surface area contributed by atoms with E-state index in [0.29, 0.717) is 0 Å². The normalized spacial score (nSPS) is 12.3. The van der Waals surface area contributed by atoms with Crippen LogP contribution in [0.15, 0.2) is 60.9 Å². The third kappa shape index (κ3) is 2.59. The van der Waals surface area contributed by atoms with Crippen LogP contribution in [-0.2, 0) is 0 Å². The highest BCUT2D eigenvalue weighted by Crippen LogP contribution is 2.28. The van der Waals surface area contributed by atoms with E-state index in [0.717, 1.165) is 27.6 Å². The van der Waals surface area contributed by atoms with Gasteiger partial charge in [-0.2, -0.15) is 0 Å². The first-order valence-corrected chi connectivity index (χ1v) is 6.76. The third-order valence-electron chi connectivity index (χ3n) is 3.64. The summed E-state index contributed by atoms with van der Waals surface area (Å²) in [5.74, 6) is 6.63. The standard InChI is InChI=1S/C17H17N3O/c1-21-14-7-5-12(6-8-14)17(20-18)16-4-2-3-13-11-19-10-9-15(13)16/h2-11,17,20H,18H2,1H3. The van der Waals surface area contributed by atoms with Gasteiger partial charge in [0.05, 0.1) is 13.2 Å². The number of hydrogen-bond acceptors (Lipinski definition) is 4. The molecule has 0 aliphatic heterocycles. The predicted molar refractivity (Wildman–Crippen MR) is 83.9 cm³/mol. The first kappa shape index (κ1) is 13.5. The third-order valence-corrected chi connectivity index (χ3v) is 3.64. The number of methoxy groups -OCH3 is 1. The zero-order valence-electron chi connectivity index (χ0n) is 11.8. The molecule has 3 aromatic rings. The van der Waals surface area contributed by atoms with Gasteiger partial charge in [0, 0.05) is 17.8 Å². The minimum absolute atomic E-state index is 0.0815. The molecule has 0 fully saturated rings. The number of pyridine rings is 1. The lowest BCUT2D eigenvalue weighted by molar-refractivity contribution is 0.414. The van der Waals surface area contributed by atoms with Crippen LogP contribution in [0.5, 0.6) is 5.75 Å². The molecular weight excluding hydrogens is 262 g/mol. The van der Waals surface area contributed by atoms with Crippen molar-refractivity contribution in [3.8, 4) is 5.75 Å². The Morgan fingerprint density at radius 2 is 1.90 bits per heavy atom. The average Bonchev–Trinajstić information content (AvgIpc) is 2.56. The summed E-state index contributed by atoms with van der Waals surface area (Å²) in [7, 11) is 1.66. The van der Waals surface area contributed by atoms with Gasteiger partial charge in [-0.05, 0) is 34.7 Å². The Balaban J connectivity index is 2.09. The van der Waals surface area contributed by atoms with Crippen molar-refractivity contribution in [1.82, 2.24) is 10.4 Å². The molecule has 0 saturated carbocycles.